The van der Waals surface area contributed by atoms with Gasteiger partial charge in [-0.25, -0.2) is 4.99 Å². The monoisotopic (exact) mass is 431 g/mol. The van der Waals surface area contributed by atoms with Gasteiger partial charge in [-0.1, -0.05) is 31.2 Å². The highest BCUT2D eigenvalue weighted by Crippen LogP contribution is 2.17. The van der Waals surface area contributed by atoms with E-state index in [1.54, 1.807) is 7.11 Å². The average Bonchev–Trinajstić information content (AvgIpc) is 2.54. The number of piperidine rings is 1. The van der Waals surface area contributed by atoms with E-state index >= 15 is 0 Å². The van der Waals surface area contributed by atoms with Gasteiger partial charge in [0.05, 0.1) is 13.2 Å². The van der Waals surface area contributed by atoms with E-state index < -0.39 is 0 Å². The van der Waals surface area contributed by atoms with E-state index in [0.717, 1.165) is 31.5 Å². The topological polar surface area (TPSA) is 36.9 Å². The summed E-state index contributed by atoms with van der Waals surface area (Å²) in [5, 5.41) is 3.43. The van der Waals surface area contributed by atoms with Crippen molar-refractivity contribution in [2.24, 2.45) is 10.9 Å². The molecule has 1 aliphatic heterocycles. The Kier molecular flexibility index (Phi) is 9.55. The third-order valence-corrected chi connectivity index (χ3v) is 4.24. The third kappa shape index (κ3) is 6.30. The number of hydrogen-bond donors (Lipinski definition) is 1. The molecule has 0 atom stereocenters. The van der Waals surface area contributed by atoms with Crippen LogP contribution in [0.25, 0.3) is 0 Å². The molecule has 130 valence electrons. The minimum atomic E-state index is 0. The second-order valence-corrected chi connectivity index (χ2v) is 6.04. The summed E-state index contributed by atoms with van der Waals surface area (Å²) in [6.07, 6.45) is 2.51. The van der Waals surface area contributed by atoms with E-state index in [0.29, 0.717) is 13.2 Å². The van der Waals surface area contributed by atoms with Crippen LogP contribution in [0, 0.1) is 5.92 Å². The van der Waals surface area contributed by atoms with Gasteiger partial charge in [0, 0.05) is 26.7 Å². The third-order valence-electron chi connectivity index (χ3n) is 4.24. The van der Waals surface area contributed by atoms with Gasteiger partial charge in [-0.2, -0.15) is 0 Å². The van der Waals surface area contributed by atoms with Gasteiger partial charge >= 0.3 is 0 Å². The van der Waals surface area contributed by atoms with Crippen LogP contribution in [-0.4, -0.2) is 37.6 Å². The Morgan fingerprint density at radius 3 is 2.52 bits per heavy atom. The Hall–Kier alpha value is -0.820. The molecule has 1 aromatic carbocycles. The normalized spacial score (nSPS) is 16.1. The summed E-state index contributed by atoms with van der Waals surface area (Å²) in [7, 11) is 1.74. The lowest BCUT2D eigenvalue weighted by atomic mass is 9.99. The highest BCUT2D eigenvalue weighted by atomic mass is 127. The number of benzene rings is 1. The van der Waals surface area contributed by atoms with Gasteiger partial charge in [-0.05, 0) is 36.8 Å². The van der Waals surface area contributed by atoms with Crippen molar-refractivity contribution < 1.29 is 4.74 Å². The summed E-state index contributed by atoms with van der Waals surface area (Å²) in [5.74, 6) is 1.88. The number of guanidine groups is 1. The molecule has 0 aliphatic carbocycles. The van der Waals surface area contributed by atoms with Crippen LogP contribution in [0.1, 0.15) is 37.8 Å². The molecular formula is C18H30IN3O. The fraction of sp³-hybridized carbons (Fsp3) is 0.611. The zero-order chi connectivity index (χ0) is 15.8. The second kappa shape index (κ2) is 10.9. The Labute approximate surface area is 157 Å². The zero-order valence-corrected chi connectivity index (χ0v) is 16.9. The molecule has 0 unspecified atom stereocenters. The molecule has 2 rings (SSSR count). The number of likely N-dealkylation sites (tertiary alicyclic amines) is 1. The van der Waals surface area contributed by atoms with Crippen molar-refractivity contribution in [3.63, 3.8) is 0 Å². The summed E-state index contributed by atoms with van der Waals surface area (Å²) in [5.41, 5.74) is 2.46. The van der Waals surface area contributed by atoms with E-state index in [9.17, 15) is 0 Å². The molecule has 0 aromatic heterocycles. The average molecular weight is 431 g/mol. The SMILES string of the molecule is CCNC(=NCc1ccccc1COC)N1CCC(C)CC1.I. The highest BCUT2D eigenvalue weighted by Gasteiger charge is 2.18. The van der Waals surface area contributed by atoms with E-state index in [-0.39, 0.29) is 24.0 Å². The van der Waals surface area contributed by atoms with E-state index in [1.807, 2.05) is 0 Å². The minimum Gasteiger partial charge on any atom is -0.380 e. The molecule has 1 heterocycles. The quantitative estimate of drug-likeness (QED) is 0.440. The number of ether oxygens (including phenoxy) is 1. The minimum absolute atomic E-state index is 0. The highest BCUT2D eigenvalue weighted by molar-refractivity contribution is 14.0. The van der Waals surface area contributed by atoms with E-state index in [1.165, 1.54) is 24.0 Å². The molecule has 0 saturated carbocycles. The Morgan fingerprint density at radius 2 is 1.91 bits per heavy atom. The van der Waals surface area contributed by atoms with Crippen LogP contribution in [0.2, 0.25) is 0 Å². The van der Waals surface area contributed by atoms with Crippen LogP contribution in [0.4, 0.5) is 0 Å². The first kappa shape index (κ1) is 20.2. The first-order valence-corrected chi connectivity index (χ1v) is 8.33. The summed E-state index contributed by atoms with van der Waals surface area (Å²) in [4.78, 5) is 7.24. The molecule has 23 heavy (non-hydrogen) atoms. The number of nitrogens with zero attached hydrogens (tertiary/aromatic N) is 2. The second-order valence-electron chi connectivity index (χ2n) is 6.04. The van der Waals surface area contributed by atoms with Crippen molar-refractivity contribution in [2.75, 3.05) is 26.7 Å². The number of halogens is 1. The van der Waals surface area contributed by atoms with Gasteiger partial charge in [0.1, 0.15) is 0 Å². The van der Waals surface area contributed by atoms with Gasteiger partial charge in [0.15, 0.2) is 5.96 Å². The van der Waals surface area contributed by atoms with Crippen molar-refractivity contribution in [1.29, 1.82) is 0 Å². The van der Waals surface area contributed by atoms with Crippen molar-refractivity contribution in [3.05, 3.63) is 35.4 Å². The van der Waals surface area contributed by atoms with Gasteiger partial charge < -0.3 is 15.0 Å². The molecule has 0 spiro atoms. The van der Waals surface area contributed by atoms with Gasteiger partial charge in [-0.3, -0.25) is 0 Å². The van der Waals surface area contributed by atoms with Crippen LogP contribution in [0.5, 0.6) is 0 Å². The number of hydrogen-bond acceptors (Lipinski definition) is 2. The molecule has 1 N–H and O–H groups in total. The first-order valence-electron chi connectivity index (χ1n) is 8.33. The standard InChI is InChI=1S/C18H29N3O.HI/c1-4-19-18(21-11-9-15(2)10-12-21)20-13-16-7-5-6-8-17(16)14-22-3;/h5-8,15H,4,9-14H2,1-3H3,(H,19,20);1H. The fourth-order valence-electron chi connectivity index (χ4n) is 2.81. The summed E-state index contributed by atoms with van der Waals surface area (Å²) < 4.78 is 5.28. The lowest BCUT2D eigenvalue weighted by Gasteiger charge is -2.33. The molecule has 0 amide bonds. The lowest BCUT2D eigenvalue weighted by Crippen LogP contribution is -2.45. The Morgan fingerprint density at radius 1 is 1.26 bits per heavy atom. The number of rotatable bonds is 5. The van der Waals surface area contributed by atoms with Gasteiger partial charge in [-0.15, -0.1) is 24.0 Å². The smallest absolute Gasteiger partial charge is 0.194 e. The lowest BCUT2D eigenvalue weighted by molar-refractivity contribution is 0.184. The maximum Gasteiger partial charge on any atom is 0.194 e. The molecule has 0 radical (unpaired) electrons. The molecular weight excluding hydrogens is 401 g/mol. The van der Waals surface area contributed by atoms with Gasteiger partial charge in [0.25, 0.3) is 0 Å². The first-order chi connectivity index (χ1) is 10.7. The van der Waals surface area contributed by atoms with Crippen molar-refractivity contribution in [2.45, 2.75) is 39.8 Å². The fourth-order valence-corrected chi connectivity index (χ4v) is 2.81. The van der Waals surface area contributed by atoms with E-state index in [2.05, 4.69) is 48.3 Å². The van der Waals surface area contributed by atoms with Crippen molar-refractivity contribution in [1.82, 2.24) is 10.2 Å². The molecule has 1 fully saturated rings. The predicted octanol–water partition coefficient (Wildman–Crippen LogP) is 3.65. The molecule has 1 aromatic rings. The summed E-state index contributed by atoms with van der Waals surface area (Å²) in [6.45, 7) is 8.92. The summed E-state index contributed by atoms with van der Waals surface area (Å²) >= 11 is 0. The molecule has 1 saturated heterocycles. The zero-order valence-electron chi connectivity index (χ0n) is 14.5. The number of aliphatic imine (C=N–C) groups is 1. The van der Waals surface area contributed by atoms with Crippen molar-refractivity contribution in [3.8, 4) is 0 Å². The Balaban J connectivity index is 0.00000264. The van der Waals surface area contributed by atoms with Crippen LogP contribution in [0.15, 0.2) is 29.3 Å². The van der Waals surface area contributed by atoms with Crippen LogP contribution >= 0.6 is 24.0 Å². The predicted molar refractivity (Wildman–Crippen MR) is 107 cm³/mol. The Bertz CT molecular complexity index is 485. The van der Waals surface area contributed by atoms with Crippen LogP contribution in [-0.2, 0) is 17.9 Å². The van der Waals surface area contributed by atoms with Crippen LogP contribution < -0.4 is 5.32 Å². The van der Waals surface area contributed by atoms with Gasteiger partial charge in [0.2, 0.25) is 0 Å². The van der Waals surface area contributed by atoms with Crippen molar-refractivity contribution >= 4 is 29.9 Å². The molecule has 5 heteroatoms. The number of nitrogens with one attached hydrogen (secondary N) is 1. The van der Waals surface area contributed by atoms with Crippen LogP contribution in [0.3, 0.4) is 0 Å². The maximum atomic E-state index is 5.28. The maximum absolute atomic E-state index is 5.28. The summed E-state index contributed by atoms with van der Waals surface area (Å²) in [6, 6.07) is 8.38. The molecule has 0 bridgehead atoms. The number of methoxy groups -OCH3 is 1. The molecule has 1 aliphatic rings. The largest absolute Gasteiger partial charge is 0.380 e. The molecule has 4 nitrogen and oxygen atoms in total. The van der Waals surface area contributed by atoms with E-state index in [4.69, 9.17) is 9.73 Å².